The third-order valence-corrected chi connectivity index (χ3v) is 3.01. The number of hydrogen-bond acceptors (Lipinski definition) is 8. The van der Waals surface area contributed by atoms with Crippen molar-refractivity contribution in [2.24, 2.45) is 5.73 Å². The highest BCUT2D eigenvalue weighted by atomic mass is 16.4. The molecule has 148 valence electrons. The van der Waals surface area contributed by atoms with Gasteiger partial charge in [-0.15, -0.1) is 0 Å². The number of carbonyl (C=O) groups excluding carboxylic acids is 4. The Labute approximate surface area is 148 Å². The average Bonchev–Trinajstić information content (AvgIpc) is 2.61. The van der Waals surface area contributed by atoms with E-state index in [9.17, 15) is 24.0 Å². The summed E-state index contributed by atoms with van der Waals surface area (Å²) in [5, 5.41) is 35.3. The number of nitrogens with two attached hydrogens (primary N) is 1. The van der Waals surface area contributed by atoms with Crippen molar-refractivity contribution in [3.05, 3.63) is 0 Å². The molecular weight excluding hydrogens is 354 g/mol. The fourth-order valence-electron chi connectivity index (χ4n) is 1.55. The number of carboxylic acids is 1. The number of rotatable bonds is 11. The number of carbonyl (C=O) groups is 5. The predicted octanol–water partition coefficient (Wildman–Crippen LogP) is -5.40. The van der Waals surface area contributed by atoms with Gasteiger partial charge in [0, 0.05) is 0 Å². The van der Waals surface area contributed by atoms with E-state index in [4.69, 9.17) is 21.1 Å². The van der Waals surface area contributed by atoms with Gasteiger partial charge in [0.2, 0.25) is 23.6 Å². The van der Waals surface area contributed by atoms with Crippen LogP contribution in [0.1, 0.15) is 6.92 Å². The third-order valence-electron chi connectivity index (χ3n) is 3.01. The smallest absolute Gasteiger partial charge is 0.325 e. The van der Waals surface area contributed by atoms with Crippen molar-refractivity contribution in [3.8, 4) is 0 Å². The Balaban J connectivity index is 4.52. The molecule has 0 saturated heterocycles. The molecule has 0 aromatic heterocycles. The molecule has 0 bridgehead atoms. The van der Waals surface area contributed by atoms with E-state index in [0.29, 0.717) is 0 Å². The molecule has 26 heavy (non-hydrogen) atoms. The second-order valence-electron chi connectivity index (χ2n) is 5.10. The molecule has 0 rings (SSSR count). The molecule has 0 spiro atoms. The Kier molecular flexibility index (Phi) is 10.5. The molecule has 0 fully saturated rings. The lowest BCUT2D eigenvalue weighted by molar-refractivity contribution is -0.142. The Hall–Kier alpha value is -2.77. The van der Waals surface area contributed by atoms with E-state index < -0.39 is 74.0 Å². The van der Waals surface area contributed by atoms with E-state index in [1.165, 1.54) is 6.92 Å². The molecule has 13 heteroatoms. The van der Waals surface area contributed by atoms with Gasteiger partial charge in [0.25, 0.3) is 0 Å². The molecule has 0 aliphatic rings. The van der Waals surface area contributed by atoms with Gasteiger partial charge in [-0.2, -0.15) is 0 Å². The largest absolute Gasteiger partial charge is 0.480 e. The van der Waals surface area contributed by atoms with Gasteiger partial charge in [0.05, 0.1) is 26.3 Å². The maximum Gasteiger partial charge on any atom is 0.325 e. The zero-order valence-electron chi connectivity index (χ0n) is 14.0. The van der Waals surface area contributed by atoms with Crippen LogP contribution < -0.4 is 27.0 Å². The molecule has 0 radical (unpaired) electrons. The number of hydrogen-bond donors (Lipinski definition) is 8. The molecule has 0 saturated carbocycles. The molecule has 0 heterocycles. The van der Waals surface area contributed by atoms with Gasteiger partial charge < -0.3 is 42.3 Å². The van der Waals surface area contributed by atoms with Gasteiger partial charge >= 0.3 is 5.97 Å². The molecule has 0 aliphatic carbocycles. The minimum Gasteiger partial charge on any atom is -0.480 e. The first-order valence-corrected chi connectivity index (χ1v) is 7.47. The van der Waals surface area contributed by atoms with Crippen LogP contribution in [0.25, 0.3) is 0 Å². The first-order valence-electron chi connectivity index (χ1n) is 7.47. The maximum atomic E-state index is 11.7. The van der Waals surface area contributed by atoms with Crippen molar-refractivity contribution < 1.29 is 39.3 Å². The van der Waals surface area contributed by atoms with Gasteiger partial charge in [-0.25, -0.2) is 0 Å². The quantitative estimate of drug-likeness (QED) is 0.172. The normalized spacial score (nSPS) is 13.7. The molecule has 0 unspecified atom stereocenters. The monoisotopic (exact) mass is 377 g/mol. The van der Waals surface area contributed by atoms with Crippen LogP contribution >= 0.6 is 0 Å². The van der Waals surface area contributed by atoms with Gasteiger partial charge in [0.15, 0.2) is 0 Å². The van der Waals surface area contributed by atoms with E-state index in [1.807, 2.05) is 0 Å². The first-order chi connectivity index (χ1) is 12.2. The zero-order valence-corrected chi connectivity index (χ0v) is 14.0. The standard InChI is InChI=1S/C13H23N5O8/c1-6(13(25)26)16-12(24)8(5-20)18-10(22)3-15-11(23)7(4-19)17-9(21)2-14/h6-8,19-20H,2-5,14H2,1H3,(H,15,23)(H,16,24)(H,17,21)(H,18,22)(H,25,26)/t6-,7-,8-/m0/s1. The highest BCUT2D eigenvalue weighted by molar-refractivity contribution is 5.93. The summed E-state index contributed by atoms with van der Waals surface area (Å²) in [5.74, 6) is -4.65. The lowest BCUT2D eigenvalue weighted by Gasteiger charge is -2.19. The SMILES string of the molecule is C[C@H](NC(=O)[C@H](CO)NC(=O)CNC(=O)[C@H](CO)NC(=O)CN)C(=O)O. The maximum absolute atomic E-state index is 11.7. The summed E-state index contributed by atoms with van der Waals surface area (Å²) in [6.07, 6.45) is 0. The fraction of sp³-hybridized carbons (Fsp3) is 0.615. The van der Waals surface area contributed by atoms with Gasteiger partial charge in [0.1, 0.15) is 18.1 Å². The Bertz CT molecular complexity index is 541. The topological polar surface area (TPSA) is 220 Å². The molecule has 0 aliphatic heterocycles. The second-order valence-corrected chi connectivity index (χ2v) is 5.10. The third kappa shape index (κ3) is 8.36. The van der Waals surface area contributed by atoms with Gasteiger partial charge in [-0.1, -0.05) is 0 Å². The van der Waals surface area contributed by atoms with E-state index in [2.05, 4.69) is 21.3 Å². The van der Waals surface area contributed by atoms with Crippen LogP contribution in [0.3, 0.4) is 0 Å². The van der Waals surface area contributed by atoms with Crippen LogP contribution in [0, 0.1) is 0 Å². The minimum atomic E-state index is -1.42. The van der Waals surface area contributed by atoms with Crippen LogP contribution in [0.4, 0.5) is 0 Å². The molecule has 4 amide bonds. The van der Waals surface area contributed by atoms with Crippen molar-refractivity contribution in [1.29, 1.82) is 0 Å². The van der Waals surface area contributed by atoms with Gasteiger partial charge in [-0.3, -0.25) is 24.0 Å². The molecule has 3 atom stereocenters. The van der Waals surface area contributed by atoms with Crippen molar-refractivity contribution in [1.82, 2.24) is 21.3 Å². The molecule has 0 aromatic carbocycles. The Morgan fingerprint density at radius 3 is 1.85 bits per heavy atom. The van der Waals surface area contributed by atoms with Crippen molar-refractivity contribution >= 4 is 29.6 Å². The number of nitrogens with one attached hydrogen (secondary N) is 4. The summed E-state index contributed by atoms with van der Waals surface area (Å²) in [4.78, 5) is 57.0. The minimum absolute atomic E-state index is 0.397. The van der Waals surface area contributed by atoms with Gasteiger partial charge in [-0.05, 0) is 6.92 Å². The highest BCUT2D eigenvalue weighted by Crippen LogP contribution is 1.89. The van der Waals surface area contributed by atoms with Crippen molar-refractivity contribution in [2.45, 2.75) is 25.0 Å². The molecular formula is C13H23N5O8. The van der Waals surface area contributed by atoms with Crippen LogP contribution in [0.5, 0.6) is 0 Å². The number of carboxylic acid groups (broad SMARTS) is 1. The first kappa shape index (κ1) is 23.2. The number of aliphatic hydroxyl groups is 2. The van der Waals surface area contributed by atoms with Crippen LogP contribution in [0.2, 0.25) is 0 Å². The molecule has 9 N–H and O–H groups in total. The van der Waals surface area contributed by atoms with Crippen LogP contribution in [-0.2, 0) is 24.0 Å². The van der Waals surface area contributed by atoms with Crippen molar-refractivity contribution in [2.75, 3.05) is 26.3 Å². The molecule has 0 aromatic rings. The summed E-state index contributed by atoms with van der Waals surface area (Å²) in [5.41, 5.74) is 5.06. The summed E-state index contributed by atoms with van der Waals surface area (Å²) in [7, 11) is 0. The molecule has 13 nitrogen and oxygen atoms in total. The number of aliphatic carboxylic acids is 1. The lowest BCUT2D eigenvalue weighted by atomic mass is 10.2. The van der Waals surface area contributed by atoms with Crippen LogP contribution in [-0.4, -0.2) is 89.3 Å². The zero-order chi connectivity index (χ0) is 20.3. The van der Waals surface area contributed by atoms with E-state index >= 15 is 0 Å². The highest BCUT2D eigenvalue weighted by Gasteiger charge is 2.24. The summed E-state index contributed by atoms with van der Waals surface area (Å²) >= 11 is 0. The van der Waals surface area contributed by atoms with E-state index in [-0.39, 0.29) is 0 Å². The average molecular weight is 377 g/mol. The second kappa shape index (κ2) is 11.7. The fourth-order valence-corrected chi connectivity index (χ4v) is 1.55. The van der Waals surface area contributed by atoms with E-state index in [1.54, 1.807) is 0 Å². The number of aliphatic hydroxyl groups excluding tert-OH is 2. The number of amides is 4. The predicted molar refractivity (Wildman–Crippen MR) is 85.3 cm³/mol. The van der Waals surface area contributed by atoms with E-state index in [0.717, 1.165) is 0 Å². The van der Waals surface area contributed by atoms with Crippen LogP contribution in [0.15, 0.2) is 0 Å². The Morgan fingerprint density at radius 2 is 1.38 bits per heavy atom. The lowest BCUT2D eigenvalue weighted by Crippen LogP contribution is -2.55. The van der Waals surface area contributed by atoms with Crippen molar-refractivity contribution in [3.63, 3.8) is 0 Å². The summed E-state index contributed by atoms with van der Waals surface area (Å²) in [6.45, 7) is -1.35. The summed E-state index contributed by atoms with van der Waals surface area (Å²) < 4.78 is 0. The Morgan fingerprint density at radius 1 is 0.885 bits per heavy atom. The summed E-state index contributed by atoms with van der Waals surface area (Å²) in [6, 6.07) is -3.97.